The van der Waals surface area contributed by atoms with Crippen LogP contribution >= 0.6 is 0 Å². The molecule has 0 saturated heterocycles. The first-order chi connectivity index (χ1) is 8.29. The summed E-state index contributed by atoms with van der Waals surface area (Å²) in [6.07, 6.45) is 4.22. The monoisotopic (exact) mass is 275 g/mol. The highest BCUT2D eigenvalue weighted by Crippen LogP contribution is 2.07. The summed E-state index contributed by atoms with van der Waals surface area (Å²) >= 11 is 0. The number of aromatic nitrogens is 2. The summed E-state index contributed by atoms with van der Waals surface area (Å²) in [6, 6.07) is -0.808. The zero-order valence-electron chi connectivity index (χ0n) is 10.3. The summed E-state index contributed by atoms with van der Waals surface area (Å²) in [6.45, 7) is 0.310. The van der Waals surface area contributed by atoms with E-state index in [4.69, 9.17) is 5.73 Å². The Morgan fingerprint density at radius 3 is 2.72 bits per heavy atom. The SMILES string of the molecule is Cn1cc(C(N)C(=O)NCCNS(C)(=O)=O)cn1. The van der Waals surface area contributed by atoms with Crippen molar-refractivity contribution >= 4 is 15.9 Å². The van der Waals surface area contributed by atoms with Crippen LogP contribution in [0.15, 0.2) is 12.4 Å². The fourth-order valence-electron chi connectivity index (χ4n) is 1.28. The third-order valence-electron chi connectivity index (χ3n) is 2.15. The lowest BCUT2D eigenvalue weighted by Crippen LogP contribution is -2.38. The molecule has 0 aromatic carbocycles. The lowest BCUT2D eigenvalue weighted by atomic mass is 10.1. The second-order valence-corrected chi connectivity index (χ2v) is 5.72. The van der Waals surface area contributed by atoms with E-state index in [1.165, 1.54) is 6.20 Å². The second-order valence-electron chi connectivity index (χ2n) is 3.88. The summed E-state index contributed by atoms with van der Waals surface area (Å²) in [5.74, 6) is -0.377. The highest BCUT2D eigenvalue weighted by molar-refractivity contribution is 7.88. The Morgan fingerprint density at radius 2 is 2.22 bits per heavy atom. The number of hydrogen-bond donors (Lipinski definition) is 3. The first-order valence-corrected chi connectivity index (χ1v) is 7.15. The van der Waals surface area contributed by atoms with E-state index < -0.39 is 16.1 Å². The highest BCUT2D eigenvalue weighted by atomic mass is 32.2. The fraction of sp³-hybridized carbons (Fsp3) is 0.556. The number of carbonyl (C=O) groups is 1. The summed E-state index contributed by atoms with van der Waals surface area (Å²) in [7, 11) is -1.51. The number of nitrogens with two attached hydrogens (primary N) is 1. The van der Waals surface area contributed by atoms with Crippen LogP contribution in [0.3, 0.4) is 0 Å². The number of aryl methyl sites for hydroxylation is 1. The Kier molecular flexibility index (Phi) is 4.82. The average Bonchev–Trinajstić information content (AvgIpc) is 2.68. The number of rotatable bonds is 6. The lowest BCUT2D eigenvalue weighted by Gasteiger charge is -2.10. The topological polar surface area (TPSA) is 119 Å². The van der Waals surface area contributed by atoms with E-state index in [1.807, 2.05) is 0 Å². The van der Waals surface area contributed by atoms with Crippen molar-refractivity contribution < 1.29 is 13.2 Å². The minimum absolute atomic E-state index is 0.129. The molecule has 0 bridgehead atoms. The fourth-order valence-corrected chi connectivity index (χ4v) is 1.76. The Labute approximate surface area is 106 Å². The molecule has 0 aliphatic heterocycles. The van der Waals surface area contributed by atoms with Crippen molar-refractivity contribution in [3.63, 3.8) is 0 Å². The van der Waals surface area contributed by atoms with Gasteiger partial charge in [-0.2, -0.15) is 5.10 Å². The molecule has 1 aromatic rings. The molecule has 1 unspecified atom stereocenters. The van der Waals surface area contributed by atoms with E-state index in [9.17, 15) is 13.2 Å². The van der Waals surface area contributed by atoms with E-state index in [2.05, 4.69) is 15.1 Å². The number of carbonyl (C=O) groups excluding carboxylic acids is 1. The maximum absolute atomic E-state index is 11.6. The molecule has 0 spiro atoms. The van der Waals surface area contributed by atoms with Crippen molar-refractivity contribution in [3.05, 3.63) is 18.0 Å². The molecule has 0 fully saturated rings. The molecule has 102 valence electrons. The van der Waals surface area contributed by atoms with Gasteiger partial charge in [0.1, 0.15) is 6.04 Å². The van der Waals surface area contributed by atoms with Gasteiger partial charge in [-0.1, -0.05) is 0 Å². The minimum atomic E-state index is -3.24. The predicted octanol–water partition coefficient (Wildman–Crippen LogP) is -1.91. The molecule has 1 heterocycles. The van der Waals surface area contributed by atoms with E-state index in [1.54, 1.807) is 17.9 Å². The minimum Gasteiger partial charge on any atom is -0.353 e. The van der Waals surface area contributed by atoms with Gasteiger partial charge in [0.25, 0.3) is 0 Å². The van der Waals surface area contributed by atoms with E-state index in [0.717, 1.165) is 6.26 Å². The number of amides is 1. The molecule has 1 atom stereocenters. The molecule has 0 radical (unpaired) electrons. The van der Waals surface area contributed by atoms with E-state index in [0.29, 0.717) is 5.56 Å². The molecule has 0 aliphatic carbocycles. The van der Waals surface area contributed by atoms with Crippen LogP contribution in [0, 0.1) is 0 Å². The first-order valence-electron chi connectivity index (χ1n) is 5.26. The summed E-state index contributed by atoms with van der Waals surface area (Å²) in [4.78, 5) is 11.6. The third-order valence-corrected chi connectivity index (χ3v) is 2.88. The molecule has 0 saturated carbocycles. The zero-order valence-corrected chi connectivity index (χ0v) is 11.1. The molecule has 1 rings (SSSR count). The summed E-state index contributed by atoms with van der Waals surface area (Å²) in [5, 5.41) is 6.45. The Bertz CT molecular complexity index is 510. The predicted molar refractivity (Wildman–Crippen MR) is 66.0 cm³/mol. The van der Waals surface area contributed by atoms with Crippen LogP contribution in [0.5, 0.6) is 0 Å². The number of nitrogens with zero attached hydrogens (tertiary/aromatic N) is 2. The maximum atomic E-state index is 11.6. The van der Waals surface area contributed by atoms with Crippen LogP contribution in [0.4, 0.5) is 0 Å². The van der Waals surface area contributed by atoms with Crippen LogP contribution in [-0.2, 0) is 21.9 Å². The molecule has 1 aromatic heterocycles. The number of hydrogen-bond acceptors (Lipinski definition) is 5. The molecular formula is C9H17N5O3S. The molecule has 0 aliphatic rings. The van der Waals surface area contributed by atoms with Crippen LogP contribution in [0.1, 0.15) is 11.6 Å². The van der Waals surface area contributed by atoms with Gasteiger partial charge in [0, 0.05) is 31.9 Å². The normalized spacial score (nSPS) is 13.3. The Morgan fingerprint density at radius 1 is 1.56 bits per heavy atom. The molecule has 9 heteroatoms. The number of sulfonamides is 1. The first kappa shape index (κ1) is 14.6. The van der Waals surface area contributed by atoms with Crippen LogP contribution < -0.4 is 15.8 Å². The van der Waals surface area contributed by atoms with Gasteiger partial charge in [0.2, 0.25) is 15.9 Å². The van der Waals surface area contributed by atoms with E-state index in [-0.39, 0.29) is 19.0 Å². The van der Waals surface area contributed by atoms with Gasteiger partial charge in [-0.25, -0.2) is 13.1 Å². The Hall–Kier alpha value is -1.45. The van der Waals surface area contributed by atoms with Crippen molar-refractivity contribution in [2.45, 2.75) is 6.04 Å². The molecule has 4 N–H and O–H groups in total. The second kappa shape index (κ2) is 5.94. The maximum Gasteiger partial charge on any atom is 0.241 e. The van der Waals surface area contributed by atoms with Crippen molar-refractivity contribution in [3.8, 4) is 0 Å². The summed E-state index contributed by atoms with van der Waals surface area (Å²) < 4.78 is 25.4. The van der Waals surface area contributed by atoms with Crippen molar-refractivity contribution in [1.82, 2.24) is 19.8 Å². The third kappa shape index (κ3) is 4.82. The molecule has 18 heavy (non-hydrogen) atoms. The van der Waals surface area contributed by atoms with E-state index >= 15 is 0 Å². The molecular weight excluding hydrogens is 258 g/mol. The van der Waals surface area contributed by atoms with Gasteiger partial charge in [0.05, 0.1) is 12.5 Å². The van der Waals surface area contributed by atoms with Crippen LogP contribution in [0.2, 0.25) is 0 Å². The van der Waals surface area contributed by atoms with Crippen LogP contribution in [-0.4, -0.2) is 43.5 Å². The largest absolute Gasteiger partial charge is 0.353 e. The van der Waals surface area contributed by atoms with Crippen molar-refractivity contribution in [1.29, 1.82) is 0 Å². The van der Waals surface area contributed by atoms with Crippen molar-refractivity contribution in [2.24, 2.45) is 12.8 Å². The lowest BCUT2D eigenvalue weighted by molar-refractivity contribution is -0.122. The van der Waals surface area contributed by atoms with Gasteiger partial charge in [0.15, 0.2) is 0 Å². The van der Waals surface area contributed by atoms with Crippen LogP contribution in [0.25, 0.3) is 0 Å². The molecule has 8 nitrogen and oxygen atoms in total. The van der Waals surface area contributed by atoms with Gasteiger partial charge >= 0.3 is 0 Å². The van der Waals surface area contributed by atoms with Gasteiger partial charge in [-0.15, -0.1) is 0 Å². The van der Waals surface area contributed by atoms with Gasteiger partial charge in [-0.3, -0.25) is 9.48 Å². The standard InChI is InChI=1S/C9H17N5O3S/c1-14-6-7(5-12-14)8(10)9(15)11-3-4-13-18(2,16)17/h5-6,8,13H,3-4,10H2,1-2H3,(H,11,15). The highest BCUT2D eigenvalue weighted by Gasteiger charge is 2.16. The smallest absolute Gasteiger partial charge is 0.241 e. The number of nitrogens with one attached hydrogen (secondary N) is 2. The quantitative estimate of drug-likeness (QED) is 0.523. The Balaban J connectivity index is 2.37. The van der Waals surface area contributed by atoms with Crippen molar-refractivity contribution in [2.75, 3.05) is 19.3 Å². The van der Waals surface area contributed by atoms with Gasteiger partial charge < -0.3 is 11.1 Å². The summed E-state index contributed by atoms with van der Waals surface area (Å²) in [5.41, 5.74) is 6.32. The zero-order chi connectivity index (χ0) is 13.8. The average molecular weight is 275 g/mol. The van der Waals surface area contributed by atoms with Gasteiger partial charge in [-0.05, 0) is 0 Å². The molecule has 1 amide bonds.